The largest absolute Gasteiger partial charge is 0.481 e. The summed E-state index contributed by atoms with van der Waals surface area (Å²) in [5.41, 5.74) is 0.675. The zero-order chi connectivity index (χ0) is 12.6. The third-order valence-corrected chi connectivity index (χ3v) is 3.31. The van der Waals surface area contributed by atoms with Crippen molar-refractivity contribution >= 4 is 5.97 Å². The molecule has 0 saturated heterocycles. The molecule has 2 rings (SSSR count). The molecule has 3 heteroatoms. The highest BCUT2D eigenvalue weighted by atomic mass is 19.1. The molecule has 1 aromatic rings. The molecule has 1 aromatic carbocycles. The van der Waals surface area contributed by atoms with E-state index in [9.17, 15) is 9.18 Å². The molecule has 0 bridgehead atoms. The zero-order valence-corrected chi connectivity index (χ0v) is 10.2. The Labute approximate surface area is 100 Å². The number of hydrogen-bond acceptors (Lipinski definition) is 1. The van der Waals surface area contributed by atoms with Gasteiger partial charge in [0.25, 0.3) is 0 Å². The van der Waals surface area contributed by atoms with E-state index in [1.54, 1.807) is 19.9 Å². The van der Waals surface area contributed by atoms with Crippen LogP contribution in [0.1, 0.15) is 43.7 Å². The molecule has 1 fully saturated rings. The van der Waals surface area contributed by atoms with Crippen molar-refractivity contribution in [1.29, 1.82) is 0 Å². The molecule has 2 nitrogen and oxygen atoms in total. The Balaban J connectivity index is 2.17. The molecule has 0 amide bonds. The van der Waals surface area contributed by atoms with Gasteiger partial charge in [0.05, 0.1) is 5.41 Å². The first-order valence-electron chi connectivity index (χ1n) is 5.92. The van der Waals surface area contributed by atoms with E-state index in [2.05, 4.69) is 0 Å². The molecule has 0 atom stereocenters. The molecule has 1 N–H and O–H groups in total. The number of benzene rings is 1. The number of carboxylic acid groups (broad SMARTS) is 1. The fourth-order valence-corrected chi connectivity index (χ4v) is 1.99. The Morgan fingerprint density at radius 3 is 2.59 bits per heavy atom. The van der Waals surface area contributed by atoms with Gasteiger partial charge in [-0.15, -0.1) is 0 Å². The van der Waals surface area contributed by atoms with Crippen LogP contribution in [0.5, 0.6) is 0 Å². The fourth-order valence-electron chi connectivity index (χ4n) is 1.99. The first-order valence-corrected chi connectivity index (χ1v) is 5.92. The van der Waals surface area contributed by atoms with Crippen molar-refractivity contribution in [2.24, 2.45) is 5.41 Å². The molecular formula is C14H17FO2. The summed E-state index contributed by atoms with van der Waals surface area (Å²) in [6, 6.07) is 5.14. The van der Waals surface area contributed by atoms with Crippen molar-refractivity contribution in [2.75, 3.05) is 0 Å². The first-order chi connectivity index (χ1) is 7.90. The maximum Gasteiger partial charge on any atom is 0.309 e. The van der Waals surface area contributed by atoms with Crippen molar-refractivity contribution in [3.8, 4) is 0 Å². The van der Waals surface area contributed by atoms with Crippen molar-refractivity contribution in [3.63, 3.8) is 0 Å². The van der Waals surface area contributed by atoms with Crippen LogP contribution in [-0.4, -0.2) is 11.1 Å². The van der Waals surface area contributed by atoms with Gasteiger partial charge in [-0.05, 0) is 56.2 Å². The molecule has 0 unspecified atom stereocenters. The molecule has 0 spiro atoms. The van der Waals surface area contributed by atoms with Crippen LogP contribution in [-0.2, 0) is 11.2 Å². The smallest absolute Gasteiger partial charge is 0.309 e. The van der Waals surface area contributed by atoms with Gasteiger partial charge in [-0.25, -0.2) is 4.39 Å². The lowest BCUT2D eigenvalue weighted by Crippen LogP contribution is -2.26. The van der Waals surface area contributed by atoms with Gasteiger partial charge in [0, 0.05) is 0 Å². The van der Waals surface area contributed by atoms with Crippen molar-refractivity contribution < 1.29 is 14.3 Å². The molecule has 0 aliphatic heterocycles. The SMILES string of the molecule is CC(C)(Cc1ccc(C2CC2)c(F)c1)C(=O)O. The number of halogens is 1. The van der Waals surface area contributed by atoms with Gasteiger partial charge in [-0.1, -0.05) is 12.1 Å². The Hall–Kier alpha value is -1.38. The number of carboxylic acids is 1. The second-order valence-corrected chi connectivity index (χ2v) is 5.50. The Bertz CT molecular complexity index is 448. The van der Waals surface area contributed by atoms with Crippen LogP contribution in [0, 0.1) is 11.2 Å². The molecule has 1 aliphatic rings. The van der Waals surface area contributed by atoms with E-state index >= 15 is 0 Å². The Kier molecular flexibility index (Phi) is 2.94. The monoisotopic (exact) mass is 236 g/mol. The van der Waals surface area contributed by atoms with Crippen LogP contribution in [0.3, 0.4) is 0 Å². The summed E-state index contributed by atoms with van der Waals surface area (Å²) in [6.07, 6.45) is 2.48. The highest BCUT2D eigenvalue weighted by Gasteiger charge is 2.29. The van der Waals surface area contributed by atoms with Gasteiger partial charge < -0.3 is 5.11 Å². The number of rotatable bonds is 4. The average Bonchev–Trinajstić information content (AvgIpc) is 3.00. The third-order valence-electron chi connectivity index (χ3n) is 3.31. The van der Waals surface area contributed by atoms with E-state index in [0.717, 1.165) is 24.0 Å². The predicted octanol–water partition coefficient (Wildman–Crippen LogP) is 3.36. The minimum absolute atomic E-state index is 0.189. The van der Waals surface area contributed by atoms with E-state index in [1.165, 1.54) is 6.07 Å². The molecule has 17 heavy (non-hydrogen) atoms. The van der Waals surface area contributed by atoms with Crippen LogP contribution >= 0.6 is 0 Å². The average molecular weight is 236 g/mol. The first kappa shape index (κ1) is 12.1. The lowest BCUT2D eigenvalue weighted by Gasteiger charge is -2.19. The number of aliphatic carboxylic acids is 1. The van der Waals surface area contributed by atoms with Crippen molar-refractivity contribution in [3.05, 3.63) is 35.1 Å². The molecule has 0 aromatic heterocycles. The van der Waals surface area contributed by atoms with Crippen LogP contribution in [0.25, 0.3) is 0 Å². The fraction of sp³-hybridized carbons (Fsp3) is 0.500. The van der Waals surface area contributed by atoms with E-state index < -0.39 is 11.4 Å². The quantitative estimate of drug-likeness (QED) is 0.870. The molecule has 0 heterocycles. The van der Waals surface area contributed by atoms with E-state index in [0.29, 0.717) is 12.3 Å². The molecule has 92 valence electrons. The predicted molar refractivity (Wildman–Crippen MR) is 63.5 cm³/mol. The minimum Gasteiger partial charge on any atom is -0.481 e. The standard InChI is InChI=1S/C14H17FO2/c1-14(2,13(16)17)8-9-3-6-11(10-4-5-10)12(15)7-9/h3,6-7,10H,4-5,8H2,1-2H3,(H,16,17). The molecule has 0 radical (unpaired) electrons. The molecule has 1 aliphatic carbocycles. The summed E-state index contributed by atoms with van der Waals surface area (Å²) in [6.45, 7) is 3.31. The highest BCUT2D eigenvalue weighted by molar-refractivity contribution is 5.74. The Morgan fingerprint density at radius 2 is 2.12 bits per heavy atom. The van der Waals surface area contributed by atoms with E-state index in [1.807, 2.05) is 6.07 Å². The maximum atomic E-state index is 13.8. The number of carbonyl (C=O) groups is 1. The lowest BCUT2D eigenvalue weighted by molar-refractivity contribution is -0.146. The van der Waals surface area contributed by atoms with Gasteiger partial charge >= 0.3 is 5.97 Å². The normalized spacial score (nSPS) is 15.9. The third kappa shape index (κ3) is 2.65. The zero-order valence-electron chi connectivity index (χ0n) is 10.2. The van der Waals surface area contributed by atoms with Crippen molar-refractivity contribution in [2.45, 2.75) is 39.0 Å². The number of hydrogen-bond donors (Lipinski definition) is 1. The Morgan fingerprint density at radius 1 is 1.47 bits per heavy atom. The summed E-state index contributed by atoms with van der Waals surface area (Å²) >= 11 is 0. The topological polar surface area (TPSA) is 37.3 Å². The highest BCUT2D eigenvalue weighted by Crippen LogP contribution is 2.41. The van der Waals surface area contributed by atoms with Gasteiger partial charge in [-0.3, -0.25) is 4.79 Å². The van der Waals surface area contributed by atoms with E-state index in [4.69, 9.17) is 5.11 Å². The van der Waals surface area contributed by atoms with Crippen LogP contribution in [0.4, 0.5) is 4.39 Å². The van der Waals surface area contributed by atoms with Gasteiger partial charge in [0.1, 0.15) is 5.82 Å². The summed E-state index contributed by atoms with van der Waals surface area (Å²) < 4.78 is 13.8. The maximum absolute atomic E-state index is 13.8. The second kappa shape index (κ2) is 4.13. The molecule has 1 saturated carbocycles. The van der Waals surface area contributed by atoms with E-state index in [-0.39, 0.29) is 5.82 Å². The van der Waals surface area contributed by atoms with Gasteiger partial charge in [-0.2, -0.15) is 0 Å². The lowest BCUT2D eigenvalue weighted by atomic mass is 9.85. The summed E-state index contributed by atoms with van der Waals surface area (Å²) in [7, 11) is 0. The van der Waals surface area contributed by atoms with Crippen LogP contribution in [0.15, 0.2) is 18.2 Å². The van der Waals surface area contributed by atoms with Crippen LogP contribution < -0.4 is 0 Å². The van der Waals surface area contributed by atoms with Gasteiger partial charge in [0.2, 0.25) is 0 Å². The van der Waals surface area contributed by atoms with Crippen LogP contribution in [0.2, 0.25) is 0 Å². The molecular weight excluding hydrogens is 219 g/mol. The summed E-state index contributed by atoms with van der Waals surface area (Å²) in [4.78, 5) is 11.0. The summed E-state index contributed by atoms with van der Waals surface area (Å²) in [5, 5.41) is 9.03. The van der Waals surface area contributed by atoms with Gasteiger partial charge in [0.15, 0.2) is 0 Å². The minimum atomic E-state index is -0.857. The van der Waals surface area contributed by atoms with Crippen molar-refractivity contribution in [1.82, 2.24) is 0 Å². The second-order valence-electron chi connectivity index (χ2n) is 5.50. The summed E-state index contributed by atoms with van der Waals surface area (Å²) in [5.74, 6) is -0.660.